The fourth-order valence-electron chi connectivity index (χ4n) is 3.88. The summed E-state index contributed by atoms with van der Waals surface area (Å²) in [4.78, 5) is 12.2. The highest BCUT2D eigenvalue weighted by molar-refractivity contribution is 6.07. The summed E-state index contributed by atoms with van der Waals surface area (Å²) in [5.41, 5.74) is 4.25. The van der Waals surface area contributed by atoms with Crippen LogP contribution in [0, 0.1) is 5.92 Å². The second-order valence-corrected chi connectivity index (χ2v) is 6.55. The number of methoxy groups -OCH3 is 1. The number of aryl methyl sites for hydroxylation is 1. The van der Waals surface area contributed by atoms with Crippen LogP contribution in [0.1, 0.15) is 36.1 Å². The van der Waals surface area contributed by atoms with Gasteiger partial charge in [0.25, 0.3) is 0 Å². The Hall–Kier alpha value is -2.82. The minimum Gasteiger partial charge on any atom is -0.508 e. The average molecular weight is 336 g/mol. The fourth-order valence-corrected chi connectivity index (χ4v) is 3.88. The summed E-state index contributed by atoms with van der Waals surface area (Å²) in [6.45, 7) is 1.54. The molecule has 0 saturated heterocycles. The Bertz CT molecular complexity index is 858. The van der Waals surface area contributed by atoms with E-state index in [1.807, 2.05) is 24.3 Å². The number of carbonyl (C=O) groups is 1. The van der Waals surface area contributed by atoms with Crippen molar-refractivity contribution in [1.29, 1.82) is 0 Å². The monoisotopic (exact) mass is 336 g/mol. The molecule has 0 unspecified atom stereocenters. The normalized spacial score (nSPS) is 21.4. The van der Waals surface area contributed by atoms with E-state index < -0.39 is 0 Å². The quantitative estimate of drug-likeness (QED) is 0.915. The zero-order valence-corrected chi connectivity index (χ0v) is 14.3. The number of hydrazone groups is 1. The van der Waals surface area contributed by atoms with E-state index in [1.54, 1.807) is 31.2 Å². The maximum absolute atomic E-state index is 12.2. The number of ether oxygens (including phenoxy) is 1. The number of phenols is 1. The van der Waals surface area contributed by atoms with E-state index in [9.17, 15) is 9.90 Å². The summed E-state index contributed by atoms with van der Waals surface area (Å²) in [5, 5.41) is 15.8. The van der Waals surface area contributed by atoms with Gasteiger partial charge in [-0.2, -0.15) is 5.10 Å². The zero-order chi connectivity index (χ0) is 17.6. The van der Waals surface area contributed by atoms with Gasteiger partial charge < -0.3 is 9.84 Å². The first kappa shape index (κ1) is 15.7. The van der Waals surface area contributed by atoms with Crippen molar-refractivity contribution in [2.45, 2.75) is 25.8 Å². The smallest absolute Gasteiger partial charge is 0.240 e. The van der Waals surface area contributed by atoms with Crippen molar-refractivity contribution < 1.29 is 14.6 Å². The van der Waals surface area contributed by atoms with Crippen LogP contribution in [0.3, 0.4) is 0 Å². The number of phenolic OH excluding ortho intramolecular Hbond substituents is 1. The van der Waals surface area contributed by atoms with Gasteiger partial charge in [-0.05, 0) is 48.2 Å². The van der Waals surface area contributed by atoms with Crippen LogP contribution in [-0.2, 0) is 11.2 Å². The number of rotatable bonds is 2. The number of fused-ring (bicyclic) bond motifs is 3. The Morgan fingerprint density at radius 1 is 1.24 bits per heavy atom. The molecule has 1 aliphatic carbocycles. The summed E-state index contributed by atoms with van der Waals surface area (Å²) in [5.74, 6) is 1.08. The van der Waals surface area contributed by atoms with E-state index in [-0.39, 0.29) is 23.6 Å². The number of hydrogen-bond donors (Lipinski definition) is 1. The van der Waals surface area contributed by atoms with Crippen molar-refractivity contribution in [1.82, 2.24) is 5.01 Å². The molecule has 5 nitrogen and oxygen atoms in total. The van der Waals surface area contributed by atoms with Gasteiger partial charge in [0.1, 0.15) is 11.5 Å². The molecule has 2 aromatic rings. The third kappa shape index (κ3) is 2.56. The lowest BCUT2D eigenvalue weighted by atomic mass is 9.77. The second-order valence-electron chi connectivity index (χ2n) is 6.55. The molecular weight excluding hydrogens is 316 g/mol. The van der Waals surface area contributed by atoms with Gasteiger partial charge in [0.15, 0.2) is 0 Å². The molecule has 1 aliphatic heterocycles. The van der Waals surface area contributed by atoms with E-state index in [2.05, 4.69) is 11.2 Å². The van der Waals surface area contributed by atoms with Crippen LogP contribution >= 0.6 is 0 Å². The first-order valence-electron chi connectivity index (χ1n) is 8.43. The van der Waals surface area contributed by atoms with Gasteiger partial charge >= 0.3 is 0 Å². The highest BCUT2D eigenvalue weighted by Gasteiger charge is 2.43. The predicted octanol–water partition coefficient (Wildman–Crippen LogP) is 3.27. The topological polar surface area (TPSA) is 62.1 Å². The molecule has 1 heterocycles. The third-order valence-corrected chi connectivity index (χ3v) is 5.09. The summed E-state index contributed by atoms with van der Waals surface area (Å²) in [6, 6.07) is 13.0. The molecule has 0 spiro atoms. The Kier molecular flexibility index (Phi) is 3.71. The van der Waals surface area contributed by atoms with Crippen LogP contribution in [0.4, 0.5) is 0 Å². The summed E-state index contributed by atoms with van der Waals surface area (Å²) in [7, 11) is 1.65. The first-order chi connectivity index (χ1) is 12.1. The molecule has 2 aromatic carbocycles. The van der Waals surface area contributed by atoms with Crippen molar-refractivity contribution in [3.05, 3.63) is 59.2 Å². The highest BCUT2D eigenvalue weighted by atomic mass is 16.5. The zero-order valence-electron chi connectivity index (χ0n) is 14.3. The minimum absolute atomic E-state index is 0.0792. The highest BCUT2D eigenvalue weighted by Crippen LogP contribution is 2.44. The number of nitrogens with zero attached hydrogens (tertiary/aromatic N) is 2. The average Bonchev–Trinajstić information content (AvgIpc) is 3.02. The number of aromatic hydroxyl groups is 1. The third-order valence-electron chi connectivity index (χ3n) is 5.09. The molecule has 0 aromatic heterocycles. The molecule has 0 fully saturated rings. The van der Waals surface area contributed by atoms with Gasteiger partial charge in [0.05, 0.1) is 18.9 Å². The Morgan fingerprint density at radius 2 is 2.00 bits per heavy atom. The molecule has 0 saturated carbocycles. The van der Waals surface area contributed by atoms with Crippen LogP contribution in [-0.4, -0.2) is 28.8 Å². The van der Waals surface area contributed by atoms with Crippen molar-refractivity contribution >= 4 is 11.6 Å². The number of hydrogen-bond acceptors (Lipinski definition) is 4. The number of amides is 1. The van der Waals surface area contributed by atoms with Crippen LogP contribution in [0.25, 0.3) is 0 Å². The Morgan fingerprint density at radius 3 is 2.68 bits per heavy atom. The molecule has 1 N–H and O–H groups in total. The van der Waals surface area contributed by atoms with Gasteiger partial charge in [-0.15, -0.1) is 0 Å². The van der Waals surface area contributed by atoms with Gasteiger partial charge in [-0.1, -0.05) is 18.2 Å². The lowest BCUT2D eigenvalue weighted by Crippen LogP contribution is -2.31. The molecule has 0 bridgehead atoms. The van der Waals surface area contributed by atoms with Crippen LogP contribution in [0.15, 0.2) is 47.6 Å². The lowest BCUT2D eigenvalue weighted by Gasteiger charge is -2.29. The van der Waals surface area contributed by atoms with Crippen LogP contribution in [0.2, 0.25) is 0 Å². The fraction of sp³-hybridized carbons (Fsp3) is 0.300. The summed E-state index contributed by atoms with van der Waals surface area (Å²) < 4.78 is 5.36. The molecule has 2 aliphatic rings. The Balaban J connectivity index is 1.80. The van der Waals surface area contributed by atoms with Crippen molar-refractivity contribution in [3.8, 4) is 11.5 Å². The van der Waals surface area contributed by atoms with Crippen LogP contribution in [0.5, 0.6) is 11.5 Å². The molecule has 2 atom stereocenters. The van der Waals surface area contributed by atoms with Gasteiger partial charge in [0.2, 0.25) is 5.91 Å². The predicted molar refractivity (Wildman–Crippen MR) is 94.7 cm³/mol. The maximum Gasteiger partial charge on any atom is 0.240 e. The molecular formula is C20H20N2O3. The Labute approximate surface area is 146 Å². The van der Waals surface area contributed by atoms with E-state index in [0.29, 0.717) is 0 Å². The maximum atomic E-state index is 12.2. The van der Waals surface area contributed by atoms with E-state index in [0.717, 1.165) is 35.4 Å². The number of carbonyl (C=O) groups excluding carboxylic acids is 1. The van der Waals surface area contributed by atoms with Crippen molar-refractivity contribution in [2.75, 3.05) is 7.11 Å². The largest absolute Gasteiger partial charge is 0.508 e. The molecule has 0 radical (unpaired) electrons. The van der Waals surface area contributed by atoms with Crippen LogP contribution < -0.4 is 4.74 Å². The standard InChI is InChI=1S/C20H20N2O3/c1-12(23)22-20(14-3-7-15(24)8-4-14)17-10-6-13-5-9-16(25-2)11-18(13)19(17)21-22/h3-5,7-9,11,17,20,24H,6,10H2,1-2H3/t17-,20-/m0/s1. The SMILES string of the molecule is COc1ccc2c(c1)C1=NN(C(C)=O)[C@@H](c3ccc(O)cc3)[C@H]1CC2. The molecule has 4 rings (SSSR count). The van der Waals surface area contributed by atoms with Gasteiger partial charge in [-0.25, -0.2) is 5.01 Å². The molecule has 1 amide bonds. The summed E-state index contributed by atoms with van der Waals surface area (Å²) in [6.07, 6.45) is 1.89. The number of benzene rings is 2. The lowest BCUT2D eigenvalue weighted by molar-refractivity contribution is -0.131. The summed E-state index contributed by atoms with van der Waals surface area (Å²) >= 11 is 0. The molecule has 128 valence electrons. The van der Waals surface area contributed by atoms with Gasteiger partial charge in [0, 0.05) is 18.4 Å². The van der Waals surface area contributed by atoms with Crippen molar-refractivity contribution in [3.63, 3.8) is 0 Å². The molecule has 5 heteroatoms. The van der Waals surface area contributed by atoms with Crippen molar-refractivity contribution in [2.24, 2.45) is 11.0 Å². The molecule has 25 heavy (non-hydrogen) atoms. The second kappa shape index (κ2) is 5.92. The van der Waals surface area contributed by atoms with E-state index in [1.165, 1.54) is 5.56 Å². The van der Waals surface area contributed by atoms with E-state index in [4.69, 9.17) is 4.74 Å². The first-order valence-corrected chi connectivity index (χ1v) is 8.43. The minimum atomic E-state index is -0.132. The van der Waals surface area contributed by atoms with E-state index >= 15 is 0 Å². The van der Waals surface area contributed by atoms with Gasteiger partial charge in [-0.3, -0.25) is 4.79 Å².